The van der Waals surface area contributed by atoms with Crippen LogP contribution in [0.4, 0.5) is 14.6 Å². The van der Waals surface area contributed by atoms with Gasteiger partial charge in [-0.15, -0.1) is 0 Å². The first-order chi connectivity index (χ1) is 15.6. The summed E-state index contributed by atoms with van der Waals surface area (Å²) in [6.45, 7) is 0.741. The van der Waals surface area contributed by atoms with Crippen molar-refractivity contribution in [3.63, 3.8) is 0 Å². The Kier molecular flexibility index (Phi) is 5.43. The number of halogens is 2. The van der Waals surface area contributed by atoms with E-state index in [1.165, 1.54) is 24.3 Å². The number of phenols is 1. The van der Waals surface area contributed by atoms with Gasteiger partial charge in [0.1, 0.15) is 23.2 Å². The van der Waals surface area contributed by atoms with E-state index in [1.54, 1.807) is 24.3 Å². The maximum atomic E-state index is 14.3. The van der Waals surface area contributed by atoms with Gasteiger partial charge in [-0.05, 0) is 60.9 Å². The van der Waals surface area contributed by atoms with E-state index in [4.69, 9.17) is 4.98 Å². The van der Waals surface area contributed by atoms with E-state index in [-0.39, 0.29) is 23.4 Å². The number of anilines is 1. The lowest BCUT2D eigenvalue weighted by molar-refractivity contribution is 0.477. The minimum Gasteiger partial charge on any atom is -0.507 e. The Hall–Kier alpha value is -3.54. The number of para-hydroxylation sites is 1. The highest BCUT2D eigenvalue weighted by Crippen LogP contribution is 2.38. The first-order valence-electron chi connectivity index (χ1n) is 10.9. The fourth-order valence-corrected chi connectivity index (χ4v) is 4.48. The van der Waals surface area contributed by atoms with Crippen LogP contribution in [0.25, 0.3) is 22.3 Å². The van der Waals surface area contributed by atoms with Gasteiger partial charge in [-0.2, -0.15) is 0 Å². The molecule has 1 unspecified atom stereocenters. The lowest BCUT2D eigenvalue weighted by Gasteiger charge is -2.32. The topological polar surface area (TPSA) is 49.3 Å². The summed E-state index contributed by atoms with van der Waals surface area (Å²) in [6.07, 6.45) is 3.99. The third-order valence-electron chi connectivity index (χ3n) is 6.06. The molecule has 4 aromatic rings. The van der Waals surface area contributed by atoms with Crippen molar-refractivity contribution in [2.24, 2.45) is 0 Å². The maximum Gasteiger partial charge on any atom is 0.165 e. The van der Waals surface area contributed by atoms with Crippen molar-refractivity contribution < 1.29 is 13.9 Å². The first-order valence-corrected chi connectivity index (χ1v) is 10.9. The summed E-state index contributed by atoms with van der Waals surface area (Å²) in [5, 5.41) is 11.0. The second-order valence-electron chi connectivity index (χ2n) is 8.16. The molecule has 0 aliphatic carbocycles. The molecular weight excluding hydrogens is 408 g/mol. The van der Waals surface area contributed by atoms with Gasteiger partial charge < -0.3 is 10.0 Å². The van der Waals surface area contributed by atoms with Crippen molar-refractivity contribution in [2.45, 2.75) is 31.7 Å². The Morgan fingerprint density at radius 1 is 0.844 bits per heavy atom. The van der Waals surface area contributed by atoms with Crippen molar-refractivity contribution in [1.82, 2.24) is 9.97 Å². The number of rotatable bonds is 3. The summed E-state index contributed by atoms with van der Waals surface area (Å²) in [5.41, 5.74) is 2.13. The smallest absolute Gasteiger partial charge is 0.165 e. The lowest BCUT2D eigenvalue weighted by Crippen LogP contribution is -2.29. The number of hydrogen-bond donors (Lipinski definition) is 1. The monoisotopic (exact) mass is 431 g/mol. The first kappa shape index (κ1) is 20.4. The zero-order chi connectivity index (χ0) is 22.1. The van der Waals surface area contributed by atoms with Crippen LogP contribution < -0.4 is 4.90 Å². The van der Waals surface area contributed by atoms with Crippen molar-refractivity contribution in [2.75, 3.05) is 11.4 Å². The normalized spacial score (nSPS) is 16.8. The molecule has 3 aromatic carbocycles. The molecule has 32 heavy (non-hydrogen) atoms. The van der Waals surface area contributed by atoms with Crippen molar-refractivity contribution >= 4 is 16.7 Å². The Morgan fingerprint density at radius 3 is 2.44 bits per heavy atom. The summed E-state index contributed by atoms with van der Waals surface area (Å²) in [4.78, 5) is 11.7. The SMILES string of the molecule is Oc1ccccc1-c1nc(N2CCCCCC2c2ccc(F)cc2)c2cc(F)ccc2n1. The molecule has 0 radical (unpaired) electrons. The molecule has 6 heteroatoms. The Bertz CT molecular complexity index is 1260. The highest BCUT2D eigenvalue weighted by Gasteiger charge is 2.27. The molecule has 0 amide bonds. The largest absolute Gasteiger partial charge is 0.507 e. The van der Waals surface area contributed by atoms with Crippen LogP contribution in [0, 0.1) is 11.6 Å². The van der Waals surface area contributed by atoms with E-state index >= 15 is 0 Å². The van der Waals surface area contributed by atoms with Gasteiger partial charge in [0.2, 0.25) is 0 Å². The third kappa shape index (κ3) is 3.88. The van der Waals surface area contributed by atoms with Gasteiger partial charge in [-0.3, -0.25) is 0 Å². The predicted octanol–water partition coefficient (Wildman–Crippen LogP) is 6.40. The molecule has 1 atom stereocenters. The van der Waals surface area contributed by atoms with Crippen LogP contribution in [-0.4, -0.2) is 21.6 Å². The summed E-state index contributed by atoms with van der Waals surface area (Å²) in [5.74, 6) is 0.477. The van der Waals surface area contributed by atoms with E-state index in [9.17, 15) is 13.9 Å². The van der Waals surface area contributed by atoms with E-state index in [0.29, 0.717) is 28.1 Å². The fraction of sp³-hybridized carbons (Fsp3) is 0.231. The molecule has 2 heterocycles. The van der Waals surface area contributed by atoms with Gasteiger partial charge in [0.15, 0.2) is 5.82 Å². The fourth-order valence-electron chi connectivity index (χ4n) is 4.48. The van der Waals surface area contributed by atoms with E-state index in [2.05, 4.69) is 9.88 Å². The summed E-state index contributed by atoms with van der Waals surface area (Å²) in [6, 6.07) is 18.0. The van der Waals surface area contributed by atoms with Crippen molar-refractivity contribution in [1.29, 1.82) is 0 Å². The molecular formula is C26H23F2N3O. The Morgan fingerprint density at radius 2 is 1.62 bits per heavy atom. The summed E-state index contributed by atoms with van der Waals surface area (Å²) < 4.78 is 27.8. The average molecular weight is 431 g/mol. The lowest BCUT2D eigenvalue weighted by atomic mass is 10.0. The van der Waals surface area contributed by atoms with Gasteiger partial charge >= 0.3 is 0 Å². The number of phenolic OH excluding ortho intramolecular Hbond substituents is 1. The molecule has 0 saturated carbocycles. The molecule has 1 aliphatic heterocycles. The van der Waals surface area contributed by atoms with Crippen LogP contribution in [0.5, 0.6) is 5.75 Å². The Labute approximate surface area is 185 Å². The number of aromatic hydroxyl groups is 1. The summed E-state index contributed by atoms with van der Waals surface area (Å²) >= 11 is 0. The van der Waals surface area contributed by atoms with Crippen molar-refractivity contribution in [3.05, 3.63) is 83.9 Å². The Balaban J connectivity index is 1.71. The molecule has 1 fully saturated rings. The molecule has 1 N–H and O–H groups in total. The van der Waals surface area contributed by atoms with E-state index in [1.807, 2.05) is 18.2 Å². The molecule has 4 nitrogen and oxygen atoms in total. The van der Waals surface area contributed by atoms with Gasteiger partial charge in [0.05, 0.1) is 17.1 Å². The minimum absolute atomic E-state index is 0.0170. The molecule has 162 valence electrons. The van der Waals surface area contributed by atoms with Crippen LogP contribution in [0.2, 0.25) is 0 Å². The second-order valence-corrected chi connectivity index (χ2v) is 8.16. The van der Waals surface area contributed by atoms with Crippen LogP contribution in [-0.2, 0) is 0 Å². The number of fused-ring (bicyclic) bond motifs is 1. The molecule has 0 bridgehead atoms. The zero-order valence-electron chi connectivity index (χ0n) is 17.5. The van der Waals surface area contributed by atoms with Gasteiger partial charge in [-0.1, -0.05) is 37.1 Å². The number of benzene rings is 3. The van der Waals surface area contributed by atoms with Crippen LogP contribution >= 0.6 is 0 Å². The van der Waals surface area contributed by atoms with E-state index < -0.39 is 0 Å². The highest BCUT2D eigenvalue weighted by molar-refractivity contribution is 5.91. The summed E-state index contributed by atoms with van der Waals surface area (Å²) in [7, 11) is 0. The maximum absolute atomic E-state index is 14.3. The highest BCUT2D eigenvalue weighted by atomic mass is 19.1. The minimum atomic E-state index is -0.356. The van der Waals surface area contributed by atoms with Gasteiger partial charge in [-0.25, -0.2) is 18.7 Å². The number of nitrogens with zero attached hydrogens (tertiary/aromatic N) is 3. The standard InChI is InChI=1S/C26H23F2N3O/c27-18-11-9-17(10-12-18)23-7-2-1-5-15-31(23)26-21-16-19(28)13-14-22(21)29-25(30-26)20-6-3-4-8-24(20)32/h3-4,6,8-14,16,23,32H,1-2,5,7,15H2. The molecule has 1 saturated heterocycles. The molecule has 1 aromatic heterocycles. The van der Waals surface area contributed by atoms with E-state index in [0.717, 1.165) is 37.8 Å². The van der Waals surface area contributed by atoms with Gasteiger partial charge in [0, 0.05) is 11.9 Å². The van der Waals surface area contributed by atoms with Gasteiger partial charge in [0.25, 0.3) is 0 Å². The van der Waals surface area contributed by atoms with Crippen LogP contribution in [0.1, 0.15) is 37.3 Å². The zero-order valence-corrected chi connectivity index (χ0v) is 17.5. The quantitative estimate of drug-likeness (QED) is 0.408. The molecule has 1 aliphatic rings. The number of hydrogen-bond acceptors (Lipinski definition) is 4. The number of aromatic nitrogens is 2. The molecule has 0 spiro atoms. The molecule has 5 rings (SSSR count). The second kappa shape index (κ2) is 8.54. The van der Waals surface area contributed by atoms with Crippen LogP contribution in [0.15, 0.2) is 66.7 Å². The third-order valence-corrected chi connectivity index (χ3v) is 6.06. The predicted molar refractivity (Wildman–Crippen MR) is 122 cm³/mol. The average Bonchev–Trinajstić information content (AvgIpc) is 3.05. The van der Waals surface area contributed by atoms with Crippen molar-refractivity contribution in [3.8, 4) is 17.1 Å². The van der Waals surface area contributed by atoms with Crippen LogP contribution in [0.3, 0.4) is 0 Å².